The molecular weight excluding hydrogens is 1050 g/mol. The van der Waals surface area contributed by atoms with Crippen LogP contribution in [0.2, 0.25) is 0 Å². The second-order valence-electron chi connectivity index (χ2n) is 28.0. The number of carbonyl (C=O) groups is 2. The molecule has 16 fully saturated rings. The summed E-state index contributed by atoms with van der Waals surface area (Å²) in [5.41, 5.74) is 2.15. The SMILES string of the molecule is C=C1C[C@@H]2CC[C@@]34C[C@H]5O[C@@H]6[C@@H](O[C@H]7CC[C@H](CC(=O)OC8[C@@H](C)C9OC%10C[C@]%11(C[C@@H]%12O[C@]%13(C[C@H](C)[C@@H]%14O[C@H](CC(=O)CCOC)[C@H](O)C[C@@H]%14O%13)C[C@H](C)[C@@H]%12O%11)OC%10CC9O[C@H]8C[C@H]8O[C@@H](CC[C@@H]1O2)C[C@@H](C)C8=C)OC7[C@@H]6O3)[C@H]5O4. The number of methoxy groups -OCH3 is 1. The molecule has 0 aromatic rings. The Morgan fingerprint density at radius 1 is 0.543 bits per heavy atom. The van der Waals surface area contributed by atoms with E-state index < -0.39 is 60.1 Å². The van der Waals surface area contributed by atoms with Gasteiger partial charge in [-0.3, -0.25) is 9.59 Å². The molecule has 16 heterocycles. The lowest BCUT2D eigenvalue weighted by atomic mass is 9.78. The van der Waals surface area contributed by atoms with Crippen molar-refractivity contribution in [2.45, 2.75) is 314 Å². The largest absolute Gasteiger partial charge is 0.459 e. The Bertz CT molecular complexity index is 2430. The number of Topliss-reactive ketones (excluding diaryl/α,β-unsaturated/α-hetero) is 1. The van der Waals surface area contributed by atoms with Crippen LogP contribution in [0.1, 0.15) is 150 Å². The van der Waals surface area contributed by atoms with Gasteiger partial charge in [-0.1, -0.05) is 40.9 Å². The van der Waals surface area contributed by atoms with Gasteiger partial charge in [-0.25, -0.2) is 0 Å². The molecule has 0 aromatic carbocycles. The van der Waals surface area contributed by atoms with Crippen LogP contribution >= 0.6 is 0 Å². The first-order valence-corrected chi connectivity index (χ1v) is 31.5. The highest BCUT2D eigenvalue weighted by atomic mass is 16.8. The van der Waals surface area contributed by atoms with Crippen LogP contribution in [-0.2, 0) is 85.4 Å². The molecule has 1 N–H and O–H groups in total. The molecule has 6 unspecified atom stereocenters. The molecule has 0 aromatic heterocycles. The molecular formula is C62H88O19. The third-order valence-electron chi connectivity index (χ3n) is 22.2. The van der Waals surface area contributed by atoms with Gasteiger partial charge < -0.3 is 80.9 Å². The van der Waals surface area contributed by atoms with E-state index in [0.29, 0.717) is 70.8 Å². The molecule has 16 rings (SSSR count). The Kier molecular flexibility index (Phi) is 14.5. The first kappa shape index (κ1) is 55.6. The van der Waals surface area contributed by atoms with Crippen LogP contribution in [0.3, 0.4) is 0 Å². The molecule has 450 valence electrons. The van der Waals surface area contributed by atoms with Crippen molar-refractivity contribution in [3.63, 3.8) is 0 Å². The maximum atomic E-state index is 14.6. The van der Waals surface area contributed by atoms with Gasteiger partial charge in [0.25, 0.3) is 0 Å². The van der Waals surface area contributed by atoms with Crippen molar-refractivity contribution >= 4 is 11.8 Å². The number of esters is 1. The van der Waals surface area contributed by atoms with Crippen LogP contribution < -0.4 is 0 Å². The van der Waals surface area contributed by atoms with E-state index in [1.165, 1.54) is 0 Å². The molecule has 0 radical (unpaired) electrons. The van der Waals surface area contributed by atoms with Gasteiger partial charge in [0.05, 0.1) is 123 Å². The summed E-state index contributed by atoms with van der Waals surface area (Å²) in [6.07, 6.45) is 3.28. The summed E-state index contributed by atoms with van der Waals surface area (Å²) in [7, 11) is 1.58. The van der Waals surface area contributed by atoms with Crippen molar-refractivity contribution in [2.75, 3.05) is 13.7 Å². The number of aliphatic hydroxyl groups excluding tert-OH is 1. The summed E-state index contributed by atoms with van der Waals surface area (Å²) in [5, 5.41) is 11.2. The highest BCUT2D eigenvalue weighted by Crippen LogP contribution is 2.58. The number of ether oxygens (including phenoxy) is 16. The fourth-order valence-electron chi connectivity index (χ4n) is 18.3. The molecule has 81 heavy (non-hydrogen) atoms. The molecule has 0 aliphatic carbocycles. The van der Waals surface area contributed by atoms with Crippen LogP contribution in [0.5, 0.6) is 0 Å². The topological polar surface area (TPSA) is 202 Å². The second kappa shape index (κ2) is 21.1. The van der Waals surface area contributed by atoms with Crippen molar-refractivity contribution in [3.05, 3.63) is 24.3 Å². The van der Waals surface area contributed by atoms with Gasteiger partial charge in [0, 0.05) is 83.7 Å². The van der Waals surface area contributed by atoms with Crippen molar-refractivity contribution in [3.8, 4) is 0 Å². The average Bonchev–Trinajstić information content (AvgIpc) is 2.80. The Balaban J connectivity index is 0.647. The molecule has 19 nitrogen and oxygen atoms in total. The van der Waals surface area contributed by atoms with Crippen LogP contribution in [-0.4, -0.2) is 194 Å². The molecule has 0 amide bonds. The molecule has 12 bridgehead atoms. The first-order valence-electron chi connectivity index (χ1n) is 31.5. The number of rotatable bonds is 5. The number of fused-ring (bicyclic) bond motifs is 10. The van der Waals surface area contributed by atoms with Crippen LogP contribution in [0, 0.1) is 23.7 Å². The number of aliphatic hydroxyl groups is 1. The summed E-state index contributed by atoms with van der Waals surface area (Å²) in [4.78, 5) is 27.3. The Morgan fingerprint density at radius 2 is 1.22 bits per heavy atom. The summed E-state index contributed by atoms with van der Waals surface area (Å²) in [6, 6.07) is 0. The Morgan fingerprint density at radius 3 is 2.07 bits per heavy atom. The first-order chi connectivity index (χ1) is 39.0. The zero-order chi connectivity index (χ0) is 55.4. The van der Waals surface area contributed by atoms with Gasteiger partial charge in [-0.05, 0) is 73.8 Å². The molecule has 31 atom stereocenters. The number of hydrogen-bond acceptors (Lipinski definition) is 19. The minimum atomic E-state index is -0.931. The third-order valence-corrected chi connectivity index (χ3v) is 22.2. The summed E-state index contributed by atoms with van der Waals surface area (Å²) in [5.74, 6) is -2.84. The van der Waals surface area contributed by atoms with Crippen molar-refractivity contribution in [2.24, 2.45) is 23.7 Å². The lowest BCUT2D eigenvalue weighted by Gasteiger charge is -2.54. The van der Waals surface area contributed by atoms with E-state index in [9.17, 15) is 14.7 Å². The molecule has 16 saturated heterocycles. The molecule has 16 aliphatic heterocycles. The van der Waals surface area contributed by atoms with Gasteiger partial charge in [0.1, 0.15) is 42.4 Å². The maximum Gasteiger partial charge on any atom is 0.308 e. The quantitative estimate of drug-likeness (QED) is 0.241. The fourth-order valence-corrected chi connectivity index (χ4v) is 18.3. The summed E-state index contributed by atoms with van der Waals surface area (Å²) < 4.78 is 109. The smallest absolute Gasteiger partial charge is 0.308 e. The fraction of sp³-hybridized carbons (Fsp3) is 0.903. The third kappa shape index (κ3) is 9.92. The van der Waals surface area contributed by atoms with E-state index in [1.807, 2.05) is 0 Å². The van der Waals surface area contributed by atoms with Crippen LogP contribution in [0.15, 0.2) is 24.3 Å². The highest BCUT2D eigenvalue weighted by molar-refractivity contribution is 5.79. The van der Waals surface area contributed by atoms with Crippen LogP contribution in [0.25, 0.3) is 0 Å². The minimum absolute atomic E-state index is 0.0118. The second-order valence-corrected chi connectivity index (χ2v) is 28.0. The van der Waals surface area contributed by atoms with E-state index in [0.717, 1.165) is 49.7 Å². The van der Waals surface area contributed by atoms with Gasteiger partial charge in [-0.2, -0.15) is 0 Å². The summed E-state index contributed by atoms with van der Waals surface area (Å²) >= 11 is 0. The zero-order valence-corrected chi connectivity index (χ0v) is 48.0. The monoisotopic (exact) mass is 1140 g/mol. The lowest BCUT2D eigenvalue weighted by molar-refractivity contribution is -0.371. The van der Waals surface area contributed by atoms with Crippen molar-refractivity contribution in [1.82, 2.24) is 0 Å². The summed E-state index contributed by atoms with van der Waals surface area (Å²) in [6.45, 7) is 18.2. The van der Waals surface area contributed by atoms with Gasteiger partial charge >= 0.3 is 5.97 Å². The molecule has 0 saturated carbocycles. The van der Waals surface area contributed by atoms with Gasteiger partial charge in [0.15, 0.2) is 17.4 Å². The molecule has 3 spiro atoms. The van der Waals surface area contributed by atoms with Gasteiger partial charge in [0.2, 0.25) is 0 Å². The van der Waals surface area contributed by atoms with E-state index in [1.54, 1.807) is 7.11 Å². The zero-order valence-electron chi connectivity index (χ0n) is 48.0. The average molecular weight is 1140 g/mol. The van der Waals surface area contributed by atoms with E-state index in [2.05, 4.69) is 40.9 Å². The lowest BCUT2D eigenvalue weighted by Crippen LogP contribution is -2.62. The number of ketones is 1. The maximum absolute atomic E-state index is 14.6. The predicted molar refractivity (Wildman–Crippen MR) is 282 cm³/mol. The van der Waals surface area contributed by atoms with E-state index in [4.69, 9.17) is 75.8 Å². The van der Waals surface area contributed by atoms with E-state index >= 15 is 0 Å². The minimum Gasteiger partial charge on any atom is -0.459 e. The molecule has 16 aliphatic rings. The van der Waals surface area contributed by atoms with Crippen molar-refractivity contribution < 1.29 is 90.5 Å². The number of hydrogen-bond donors (Lipinski definition) is 1. The van der Waals surface area contributed by atoms with Crippen molar-refractivity contribution in [1.29, 1.82) is 0 Å². The van der Waals surface area contributed by atoms with E-state index in [-0.39, 0.29) is 158 Å². The van der Waals surface area contributed by atoms with Crippen LogP contribution in [0.4, 0.5) is 0 Å². The normalized spacial score (nSPS) is 56.3. The Hall–Kier alpha value is -2.02. The van der Waals surface area contributed by atoms with Gasteiger partial charge in [-0.15, -0.1) is 0 Å². The number of carbonyl (C=O) groups excluding carboxylic acids is 2. The standard InChI is InChI=1S/C62H88O19/c1-28-16-35-8-10-39-29(2)17-37(67-39)12-14-60-26-48-56(80-60)57-58(74-48)59(81-60)55-40(71-57)11-9-36(69-55)19-50(65)75-54-33(6)53-45(70-44(54)21-41(68-35)32(28)5)22-43-47(73-53)25-62(76-43)27-49-52(79-62)31(4)24-61(78-49)23-30(3)51-46(77-61)20-38(64)42(72-51)18-34(63)13-15-66-7/h28,30-31,33,35-49,51-59,64H,2,5,8-27H2,1,3-4,6-7H3/t28-,30+,31+,33+,35+,36-,37+,38-,39+,40+,41-,42-,43?,44+,45?,46+,47?,48-,49+,51+,52+,53?,54?,55?,56+,57+,58-,59+,60+,61-,62+/m1/s1. The molecule has 19 heteroatoms. The highest BCUT2D eigenvalue weighted by Gasteiger charge is 2.70. The predicted octanol–water partition coefficient (Wildman–Crippen LogP) is 6.18. The Labute approximate surface area is 475 Å².